The smallest absolute Gasteiger partial charge is 0.356 e. The zero-order valence-electron chi connectivity index (χ0n) is 7.39. The first kappa shape index (κ1) is 10.6. The summed E-state index contributed by atoms with van der Waals surface area (Å²) in [5.74, 6) is -0.676. The van der Waals surface area contributed by atoms with E-state index >= 15 is 0 Å². The minimum atomic E-state index is -0.676. The summed E-state index contributed by atoms with van der Waals surface area (Å²) in [6.45, 7) is 3.17. The third-order valence-electron chi connectivity index (χ3n) is 1.22. The Morgan fingerprint density at radius 3 is 2.17 bits per heavy atom. The Kier molecular flexibility index (Phi) is 3.90. The summed E-state index contributed by atoms with van der Waals surface area (Å²) in [6, 6.07) is 0. The third kappa shape index (κ3) is 3.09. The summed E-state index contributed by atoms with van der Waals surface area (Å²) in [6.07, 6.45) is 1.44. The number of hydrogen-bond donors (Lipinski definition) is 2. The van der Waals surface area contributed by atoms with Gasteiger partial charge in [0.25, 0.3) is 0 Å². The van der Waals surface area contributed by atoms with Crippen molar-refractivity contribution in [2.45, 2.75) is 13.8 Å². The van der Waals surface area contributed by atoms with Gasteiger partial charge in [-0.2, -0.15) is 0 Å². The van der Waals surface area contributed by atoms with E-state index in [0.717, 1.165) is 0 Å². The number of hydrogen-bond acceptors (Lipinski definition) is 4. The molecule has 0 rings (SSSR count). The molecule has 0 saturated heterocycles. The predicted molar refractivity (Wildman–Crippen MR) is 46.9 cm³/mol. The van der Waals surface area contributed by atoms with Crippen LogP contribution in [-0.4, -0.2) is 24.5 Å². The number of carbonyl (C=O) groups excluding carboxylic acids is 1. The minimum Gasteiger partial charge on any atom is -0.464 e. The van der Waals surface area contributed by atoms with Crippen LogP contribution in [0.25, 0.3) is 0 Å². The van der Waals surface area contributed by atoms with E-state index in [1.54, 1.807) is 13.8 Å². The molecule has 0 fully saturated rings. The highest BCUT2D eigenvalue weighted by molar-refractivity contribution is 6.42. The zero-order valence-corrected chi connectivity index (χ0v) is 7.39. The van der Waals surface area contributed by atoms with Crippen LogP contribution >= 0.6 is 0 Å². The van der Waals surface area contributed by atoms with E-state index in [0.29, 0.717) is 11.3 Å². The highest BCUT2D eigenvalue weighted by Crippen LogP contribution is 1.97. The molecule has 0 saturated carbocycles. The average Bonchev–Trinajstić information content (AvgIpc) is 2.00. The molecule has 0 aromatic rings. The number of nitrogens with one attached hydrogen (secondary N) is 2. The van der Waals surface area contributed by atoms with E-state index in [4.69, 9.17) is 10.8 Å². The van der Waals surface area contributed by atoms with Gasteiger partial charge in [0.15, 0.2) is 0 Å². The van der Waals surface area contributed by atoms with E-state index in [-0.39, 0.29) is 5.71 Å². The number of carbonyl (C=O) groups is 1. The number of esters is 1. The monoisotopic (exact) mass is 168 g/mol. The van der Waals surface area contributed by atoms with Gasteiger partial charge in [0.1, 0.15) is 5.71 Å². The molecule has 2 N–H and O–H groups in total. The maximum absolute atomic E-state index is 10.8. The van der Waals surface area contributed by atoms with Crippen LogP contribution in [0.1, 0.15) is 13.8 Å². The first-order valence-electron chi connectivity index (χ1n) is 3.39. The Balaban J connectivity index is 4.50. The third-order valence-corrected chi connectivity index (χ3v) is 1.22. The van der Waals surface area contributed by atoms with Crippen LogP contribution in [0.15, 0.2) is 11.6 Å². The van der Waals surface area contributed by atoms with E-state index in [9.17, 15) is 4.79 Å². The minimum absolute atomic E-state index is 0.205. The molecule has 0 bridgehead atoms. The van der Waals surface area contributed by atoms with Crippen molar-refractivity contribution >= 4 is 17.4 Å². The quantitative estimate of drug-likeness (QED) is 0.490. The van der Waals surface area contributed by atoms with Crippen molar-refractivity contribution in [2.75, 3.05) is 7.11 Å². The molecule has 0 spiro atoms. The Labute approximate surface area is 71.3 Å². The van der Waals surface area contributed by atoms with Crippen molar-refractivity contribution in [3.63, 3.8) is 0 Å². The molecule has 0 aliphatic heterocycles. The lowest BCUT2D eigenvalue weighted by Gasteiger charge is -2.00. The maximum Gasteiger partial charge on any atom is 0.356 e. The van der Waals surface area contributed by atoms with E-state index in [1.807, 2.05) is 0 Å². The molecular formula is C8H12N2O2. The van der Waals surface area contributed by atoms with Gasteiger partial charge >= 0.3 is 5.97 Å². The number of methoxy groups -OCH3 is 1. The normalized spacial score (nSPS) is 10.8. The number of allylic oxidation sites excluding steroid dienone is 1. The molecule has 12 heavy (non-hydrogen) atoms. The summed E-state index contributed by atoms with van der Waals surface area (Å²) in [5, 5.41) is 14.3. The van der Waals surface area contributed by atoms with Crippen molar-refractivity contribution in [3.8, 4) is 0 Å². The fourth-order valence-electron chi connectivity index (χ4n) is 0.660. The first-order chi connectivity index (χ1) is 5.49. The van der Waals surface area contributed by atoms with Crippen LogP contribution in [0, 0.1) is 10.8 Å². The highest BCUT2D eigenvalue weighted by atomic mass is 16.5. The fourth-order valence-corrected chi connectivity index (χ4v) is 0.660. The van der Waals surface area contributed by atoms with Crippen molar-refractivity contribution < 1.29 is 9.53 Å². The molecule has 0 aliphatic rings. The lowest BCUT2D eigenvalue weighted by Crippen LogP contribution is -2.16. The SMILES string of the molecule is COC(=O)C(=N)/C(C)=C\C(C)=N. The molecule has 66 valence electrons. The van der Waals surface area contributed by atoms with Gasteiger partial charge in [0, 0.05) is 5.71 Å². The molecule has 0 heterocycles. The second kappa shape index (κ2) is 4.43. The van der Waals surface area contributed by atoms with Gasteiger partial charge in [-0.3, -0.25) is 5.41 Å². The predicted octanol–water partition coefficient (Wildman–Crippen LogP) is 1.17. The fraction of sp³-hybridized carbons (Fsp3) is 0.375. The molecular weight excluding hydrogens is 156 g/mol. The second-order valence-corrected chi connectivity index (χ2v) is 2.38. The van der Waals surface area contributed by atoms with Gasteiger partial charge in [-0.05, 0) is 25.5 Å². The van der Waals surface area contributed by atoms with Crippen LogP contribution in [0.2, 0.25) is 0 Å². The molecule has 0 amide bonds. The van der Waals surface area contributed by atoms with Crippen molar-refractivity contribution in [2.24, 2.45) is 0 Å². The van der Waals surface area contributed by atoms with Gasteiger partial charge in [0.2, 0.25) is 0 Å². The Bertz CT molecular complexity index is 254. The van der Waals surface area contributed by atoms with Crippen LogP contribution in [0.3, 0.4) is 0 Å². The van der Waals surface area contributed by atoms with Gasteiger partial charge in [0.05, 0.1) is 7.11 Å². The number of rotatable bonds is 3. The largest absolute Gasteiger partial charge is 0.464 e. The van der Waals surface area contributed by atoms with Crippen molar-refractivity contribution in [1.82, 2.24) is 0 Å². The summed E-state index contributed by atoms with van der Waals surface area (Å²) in [7, 11) is 1.22. The van der Waals surface area contributed by atoms with Crippen LogP contribution in [0.4, 0.5) is 0 Å². The first-order valence-corrected chi connectivity index (χ1v) is 3.39. The van der Waals surface area contributed by atoms with Gasteiger partial charge < -0.3 is 10.1 Å². The number of ether oxygens (including phenoxy) is 1. The van der Waals surface area contributed by atoms with E-state index in [1.165, 1.54) is 13.2 Å². The molecule has 4 heteroatoms. The van der Waals surface area contributed by atoms with E-state index in [2.05, 4.69) is 4.74 Å². The average molecular weight is 168 g/mol. The molecule has 0 radical (unpaired) electrons. The van der Waals surface area contributed by atoms with Crippen molar-refractivity contribution in [3.05, 3.63) is 11.6 Å². The molecule has 0 unspecified atom stereocenters. The van der Waals surface area contributed by atoms with Gasteiger partial charge in [-0.1, -0.05) is 0 Å². The summed E-state index contributed by atoms with van der Waals surface area (Å²) >= 11 is 0. The van der Waals surface area contributed by atoms with Crippen LogP contribution < -0.4 is 0 Å². The molecule has 0 aliphatic carbocycles. The van der Waals surface area contributed by atoms with E-state index < -0.39 is 5.97 Å². The topological polar surface area (TPSA) is 74.0 Å². The van der Waals surface area contributed by atoms with Gasteiger partial charge in [-0.15, -0.1) is 0 Å². The Morgan fingerprint density at radius 1 is 1.33 bits per heavy atom. The summed E-state index contributed by atoms with van der Waals surface area (Å²) in [5.41, 5.74) is 0.541. The Hall–Kier alpha value is -1.45. The molecule has 0 aromatic heterocycles. The van der Waals surface area contributed by atoms with Gasteiger partial charge in [-0.25, -0.2) is 4.79 Å². The standard InChI is InChI=1S/C8H12N2O2/c1-5(4-6(2)9)7(10)8(11)12-3/h4,9-10H,1-3H3/b5-4-,9-6?,10-7?. The Morgan fingerprint density at radius 2 is 1.83 bits per heavy atom. The van der Waals surface area contributed by atoms with Crippen LogP contribution in [0.5, 0.6) is 0 Å². The lowest BCUT2D eigenvalue weighted by atomic mass is 10.1. The van der Waals surface area contributed by atoms with Crippen LogP contribution in [-0.2, 0) is 9.53 Å². The maximum atomic E-state index is 10.8. The lowest BCUT2D eigenvalue weighted by molar-refractivity contribution is -0.132. The second-order valence-electron chi connectivity index (χ2n) is 2.38. The summed E-state index contributed by atoms with van der Waals surface area (Å²) < 4.78 is 4.34. The van der Waals surface area contributed by atoms with Crippen molar-refractivity contribution in [1.29, 1.82) is 10.8 Å². The molecule has 0 aromatic carbocycles. The molecule has 0 atom stereocenters. The molecule has 4 nitrogen and oxygen atoms in total. The zero-order chi connectivity index (χ0) is 9.72. The highest BCUT2D eigenvalue weighted by Gasteiger charge is 2.10. The summed E-state index contributed by atoms with van der Waals surface area (Å²) in [4.78, 5) is 10.8.